The van der Waals surface area contributed by atoms with E-state index < -0.39 is 11.8 Å². The smallest absolute Gasteiger partial charge is 0.339 e. The van der Waals surface area contributed by atoms with Gasteiger partial charge in [0.25, 0.3) is 0 Å². The van der Waals surface area contributed by atoms with E-state index in [0.29, 0.717) is 10.0 Å². The van der Waals surface area contributed by atoms with Crippen LogP contribution in [0.2, 0.25) is 0 Å². The van der Waals surface area contributed by atoms with Crippen LogP contribution in [0.25, 0.3) is 5.69 Å². The normalized spacial score (nSPS) is 10.5. The van der Waals surface area contributed by atoms with Gasteiger partial charge >= 0.3 is 5.97 Å². The zero-order chi connectivity index (χ0) is 16.2. The van der Waals surface area contributed by atoms with Gasteiger partial charge in [-0.3, -0.25) is 0 Å². The number of ether oxygens (including phenoxy) is 1. The van der Waals surface area contributed by atoms with Gasteiger partial charge < -0.3 is 9.30 Å². The molecule has 116 valence electrons. The first-order valence-electron chi connectivity index (χ1n) is 6.83. The molecule has 0 bridgehead atoms. The maximum atomic E-state index is 13.0. The van der Waals surface area contributed by atoms with Crippen LogP contribution >= 0.6 is 15.9 Å². The molecule has 0 N–H and O–H groups in total. The lowest BCUT2D eigenvalue weighted by atomic mass is 10.2. The minimum Gasteiger partial charge on any atom is -0.457 e. The molecule has 0 atom stereocenters. The number of benzene rings is 2. The van der Waals surface area contributed by atoms with Crippen LogP contribution in [0.5, 0.6) is 0 Å². The van der Waals surface area contributed by atoms with Crippen LogP contribution in [0.1, 0.15) is 15.9 Å². The third-order valence-electron chi connectivity index (χ3n) is 3.26. The molecule has 0 spiro atoms. The molecule has 0 aliphatic heterocycles. The summed E-state index contributed by atoms with van der Waals surface area (Å²) in [5, 5.41) is 0. The first-order valence-corrected chi connectivity index (χ1v) is 7.62. The Morgan fingerprint density at radius 2 is 2.00 bits per heavy atom. The highest BCUT2D eigenvalue weighted by molar-refractivity contribution is 9.10. The van der Waals surface area contributed by atoms with Gasteiger partial charge in [0.1, 0.15) is 12.4 Å². The van der Waals surface area contributed by atoms with Crippen molar-refractivity contribution in [1.29, 1.82) is 0 Å². The van der Waals surface area contributed by atoms with Crippen molar-refractivity contribution in [2.24, 2.45) is 0 Å². The van der Waals surface area contributed by atoms with E-state index in [0.717, 1.165) is 11.3 Å². The van der Waals surface area contributed by atoms with Crippen LogP contribution in [0.15, 0.2) is 65.7 Å². The molecule has 4 nitrogen and oxygen atoms in total. The van der Waals surface area contributed by atoms with Crippen molar-refractivity contribution in [1.82, 2.24) is 9.55 Å². The number of hydrogen-bond acceptors (Lipinski definition) is 3. The highest BCUT2D eigenvalue weighted by Gasteiger charge is 2.12. The molecule has 0 radical (unpaired) electrons. The van der Waals surface area contributed by atoms with Crippen LogP contribution in [0.3, 0.4) is 0 Å². The van der Waals surface area contributed by atoms with Crippen molar-refractivity contribution in [2.45, 2.75) is 6.61 Å². The van der Waals surface area contributed by atoms with E-state index in [9.17, 15) is 9.18 Å². The number of aromatic nitrogens is 2. The zero-order valence-corrected chi connectivity index (χ0v) is 13.5. The fourth-order valence-corrected chi connectivity index (χ4v) is 2.57. The van der Waals surface area contributed by atoms with E-state index in [4.69, 9.17) is 4.74 Å². The maximum absolute atomic E-state index is 13.0. The molecule has 3 rings (SSSR count). The average molecular weight is 375 g/mol. The van der Waals surface area contributed by atoms with Gasteiger partial charge in [0.2, 0.25) is 0 Å². The van der Waals surface area contributed by atoms with Crippen molar-refractivity contribution in [3.63, 3.8) is 0 Å². The SMILES string of the molecule is O=C(OCc1ccc(-n2ccnc2)cc1)c1ccc(F)cc1Br. The first kappa shape index (κ1) is 15.4. The molecule has 0 saturated carbocycles. The molecule has 1 aromatic heterocycles. The number of rotatable bonds is 4. The Kier molecular flexibility index (Phi) is 4.52. The summed E-state index contributed by atoms with van der Waals surface area (Å²) in [6, 6.07) is 11.4. The fraction of sp³-hybridized carbons (Fsp3) is 0.0588. The van der Waals surface area contributed by atoms with Crippen LogP contribution in [0.4, 0.5) is 4.39 Å². The van der Waals surface area contributed by atoms with Gasteiger partial charge in [-0.1, -0.05) is 12.1 Å². The third-order valence-corrected chi connectivity index (χ3v) is 3.92. The quantitative estimate of drug-likeness (QED) is 0.644. The van der Waals surface area contributed by atoms with Crippen molar-refractivity contribution < 1.29 is 13.9 Å². The van der Waals surface area contributed by atoms with E-state index in [1.807, 2.05) is 35.0 Å². The minimum absolute atomic E-state index is 0.146. The largest absolute Gasteiger partial charge is 0.457 e. The van der Waals surface area contributed by atoms with E-state index in [1.54, 1.807) is 12.5 Å². The van der Waals surface area contributed by atoms with Crippen LogP contribution in [0, 0.1) is 5.82 Å². The lowest BCUT2D eigenvalue weighted by molar-refractivity contribution is 0.0471. The summed E-state index contributed by atoms with van der Waals surface area (Å²) >= 11 is 3.16. The average Bonchev–Trinajstić information content (AvgIpc) is 3.07. The molecule has 0 unspecified atom stereocenters. The lowest BCUT2D eigenvalue weighted by Crippen LogP contribution is -2.06. The Hall–Kier alpha value is -2.47. The molecule has 3 aromatic rings. The summed E-state index contributed by atoms with van der Waals surface area (Å²) in [5.41, 5.74) is 2.13. The third kappa shape index (κ3) is 3.65. The summed E-state index contributed by atoms with van der Waals surface area (Å²) in [6.07, 6.45) is 5.26. The summed E-state index contributed by atoms with van der Waals surface area (Å²) in [7, 11) is 0. The van der Waals surface area contributed by atoms with Crippen molar-refractivity contribution in [3.8, 4) is 5.69 Å². The topological polar surface area (TPSA) is 44.1 Å². The highest BCUT2D eigenvalue weighted by Crippen LogP contribution is 2.19. The van der Waals surface area contributed by atoms with Gasteiger partial charge in [0, 0.05) is 22.6 Å². The molecule has 6 heteroatoms. The van der Waals surface area contributed by atoms with E-state index >= 15 is 0 Å². The van der Waals surface area contributed by atoms with Gasteiger partial charge in [-0.15, -0.1) is 0 Å². The summed E-state index contributed by atoms with van der Waals surface area (Å²) in [6.45, 7) is 0.146. The molecule has 0 aliphatic rings. The zero-order valence-electron chi connectivity index (χ0n) is 11.9. The molecule has 23 heavy (non-hydrogen) atoms. The predicted molar refractivity (Wildman–Crippen MR) is 86.8 cm³/mol. The molecule has 0 saturated heterocycles. The molecule has 0 amide bonds. The Morgan fingerprint density at radius 3 is 2.65 bits per heavy atom. The van der Waals surface area contributed by atoms with Crippen LogP contribution in [-0.4, -0.2) is 15.5 Å². The number of halogens is 2. The lowest BCUT2D eigenvalue weighted by Gasteiger charge is -2.08. The number of carbonyl (C=O) groups is 1. The van der Waals surface area contributed by atoms with E-state index in [1.165, 1.54) is 18.2 Å². The van der Waals surface area contributed by atoms with E-state index in [2.05, 4.69) is 20.9 Å². The number of imidazole rings is 1. The molecular weight excluding hydrogens is 363 g/mol. The second kappa shape index (κ2) is 6.75. The Balaban J connectivity index is 1.65. The molecule has 1 heterocycles. The van der Waals surface area contributed by atoms with Gasteiger partial charge in [-0.2, -0.15) is 0 Å². The van der Waals surface area contributed by atoms with Crippen molar-refractivity contribution in [2.75, 3.05) is 0 Å². The van der Waals surface area contributed by atoms with Gasteiger partial charge in [0.05, 0.1) is 11.9 Å². The van der Waals surface area contributed by atoms with Crippen molar-refractivity contribution in [3.05, 3.63) is 82.6 Å². The Bertz CT molecular complexity index is 817. The summed E-state index contributed by atoms with van der Waals surface area (Å²) < 4.78 is 20.5. The fourth-order valence-electron chi connectivity index (χ4n) is 2.06. The number of hydrogen-bond donors (Lipinski definition) is 0. The van der Waals surface area contributed by atoms with Crippen molar-refractivity contribution >= 4 is 21.9 Å². The number of nitrogens with zero attached hydrogens (tertiary/aromatic N) is 2. The molecule has 0 aliphatic carbocycles. The second-order valence-electron chi connectivity index (χ2n) is 4.84. The maximum Gasteiger partial charge on any atom is 0.339 e. The molecule has 2 aromatic carbocycles. The monoisotopic (exact) mass is 374 g/mol. The predicted octanol–water partition coefficient (Wildman–Crippen LogP) is 4.13. The minimum atomic E-state index is -0.504. The van der Waals surface area contributed by atoms with Crippen LogP contribution in [-0.2, 0) is 11.3 Å². The van der Waals surface area contributed by atoms with Crippen LogP contribution < -0.4 is 0 Å². The van der Waals surface area contributed by atoms with E-state index in [-0.39, 0.29) is 6.61 Å². The number of esters is 1. The Morgan fingerprint density at radius 1 is 1.22 bits per heavy atom. The van der Waals surface area contributed by atoms with Gasteiger partial charge in [-0.25, -0.2) is 14.2 Å². The molecular formula is C17H12BrFN2O2. The standard InChI is InChI=1S/C17H12BrFN2O2/c18-16-9-13(19)3-6-15(16)17(22)23-10-12-1-4-14(5-2-12)21-8-7-20-11-21/h1-9,11H,10H2. The summed E-state index contributed by atoms with van der Waals surface area (Å²) in [4.78, 5) is 16.0. The number of carbonyl (C=O) groups excluding carboxylic acids is 1. The van der Waals surface area contributed by atoms with Gasteiger partial charge in [0.15, 0.2) is 0 Å². The molecule has 0 fully saturated rings. The first-order chi connectivity index (χ1) is 11.1. The van der Waals surface area contributed by atoms with Gasteiger partial charge in [-0.05, 0) is 51.8 Å². The second-order valence-corrected chi connectivity index (χ2v) is 5.69. The highest BCUT2D eigenvalue weighted by atomic mass is 79.9. The Labute approximate surface area is 140 Å². The summed E-state index contributed by atoms with van der Waals surface area (Å²) in [5.74, 6) is -0.918.